The number of benzene rings is 1. The predicted molar refractivity (Wildman–Crippen MR) is 113 cm³/mol. The van der Waals surface area contributed by atoms with Crippen LogP contribution < -0.4 is 0 Å². The van der Waals surface area contributed by atoms with Gasteiger partial charge in [0.1, 0.15) is 5.60 Å². The van der Waals surface area contributed by atoms with Gasteiger partial charge in [0, 0.05) is 30.3 Å². The van der Waals surface area contributed by atoms with Gasteiger partial charge >= 0.3 is 5.97 Å². The number of piperidine rings is 1. The lowest BCUT2D eigenvalue weighted by molar-refractivity contribution is -0.152. The molecule has 1 N–H and O–H groups in total. The van der Waals surface area contributed by atoms with Gasteiger partial charge in [-0.05, 0) is 50.7 Å². The van der Waals surface area contributed by atoms with Gasteiger partial charge in [-0.25, -0.2) is 0 Å². The summed E-state index contributed by atoms with van der Waals surface area (Å²) in [5, 5.41) is 8.31. The second kappa shape index (κ2) is 7.73. The van der Waals surface area contributed by atoms with Crippen LogP contribution in [0.2, 0.25) is 5.02 Å². The van der Waals surface area contributed by atoms with Gasteiger partial charge in [-0.3, -0.25) is 14.7 Å². The van der Waals surface area contributed by atoms with Crippen LogP contribution >= 0.6 is 11.6 Å². The molecule has 0 bridgehead atoms. The van der Waals surface area contributed by atoms with Crippen LogP contribution in [0.4, 0.5) is 0 Å². The van der Waals surface area contributed by atoms with Gasteiger partial charge in [-0.2, -0.15) is 5.10 Å². The van der Waals surface area contributed by atoms with Gasteiger partial charge in [0.15, 0.2) is 0 Å². The van der Waals surface area contributed by atoms with Crippen LogP contribution in [0.5, 0.6) is 0 Å². The van der Waals surface area contributed by atoms with Crippen LogP contribution in [0.1, 0.15) is 56.6 Å². The molecular weight excluding hydrogens is 402 g/mol. The van der Waals surface area contributed by atoms with E-state index in [-0.39, 0.29) is 24.2 Å². The van der Waals surface area contributed by atoms with E-state index < -0.39 is 5.60 Å². The van der Waals surface area contributed by atoms with E-state index in [2.05, 4.69) is 16.3 Å². The number of ether oxygens (including phenoxy) is 1. The number of rotatable bonds is 3. The minimum atomic E-state index is -0.530. The molecule has 1 unspecified atom stereocenters. The molecule has 30 heavy (non-hydrogen) atoms. The average Bonchev–Trinajstić information content (AvgIpc) is 3.49. The number of aromatic amines is 1. The van der Waals surface area contributed by atoms with Crippen molar-refractivity contribution >= 4 is 23.5 Å². The number of carbonyl (C=O) groups excluding carboxylic acids is 2. The minimum Gasteiger partial charge on any atom is -0.458 e. The molecule has 1 aromatic carbocycles. The molecule has 1 spiro atoms. The summed E-state index contributed by atoms with van der Waals surface area (Å²) < 4.78 is 5.67. The topological polar surface area (TPSA) is 75.3 Å². The van der Waals surface area contributed by atoms with Crippen LogP contribution in [0, 0.1) is 5.92 Å². The summed E-state index contributed by atoms with van der Waals surface area (Å²) in [7, 11) is 0. The summed E-state index contributed by atoms with van der Waals surface area (Å²) in [4.78, 5) is 27.1. The summed E-state index contributed by atoms with van der Waals surface area (Å²) in [6.07, 6.45) is 5.71. The third kappa shape index (κ3) is 3.41. The van der Waals surface area contributed by atoms with Crippen LogP contribution in [0.25, 0.3) is 11.3 Å². The van der Waals surface area contributed by atoms with Crippen molar-refractivity contribution in [3.63, 3.8) is 0 Å². The normalized spacial score (nSPS) is 23.8. The Kier molecular flexibility index (Phi) is 5.05. The first-order chi connectivity index (χ1) is 14.6. The predicted octanol–water partition coefficient (Wildman–Crippen LogP) is 4.31. The molecule has 1 atom stereocenters. The lowest BCUT2D eigenvalue weighted by atomic mass is 9.83. The highest BCUT2D eigenvalue weighted by Crippen LogP contribution is 2.46. The van der Waals surface area contributed by atoms with E-state index in [0.717, 1.165) is 55.5 Å². The van der Waals surface area contributed by atoms with Gasteiger partial charge in [0.05, 0.1) is 23.1 Å². The number of nitrogens with zero attached hydrogens (tertiary/aromatic N) is 2. The lowest BCUT2D eigenvalue weighted by Crippen LogP contribution is -2.47. The highest BCUT2D eigenvalue weighted by atomic mass is 35.5. The second-order valence-electron chi connectivity index (χ2n) is 8.79. The molecule has 3 aliphatic rings. The van der Waals surface area contributed by atoms with Crippen LogP contribution in [0.15, 0.2) is 30.3 Å². The minimum absolute atomic E-state index is 0.0996. The number of esters is 1. The van der Waals surface area contributed by atoms with Gasteiger partial charge in [0.25, 0.3) is 0 Å². The summed E-state index contributed by atoms with van der Waals surface area (Å²) in [6.45, 7) is 1.40. The molecule has 2 saturated heterocycles. The molecule has 1 aromatic heterocycles. The Morgan fingerprint density at radius 1 is 1.20 bits per heavy atom. The van der Waals surface area contributed by atoms with Gasteiger partial charge < -0.3 is 9.64 Å². The van der Waals surface area contributed by atoms with E-state index in [9.17, 15) is 9.59 Å². The van der Waals surface area contributed by atoms with Crippen LogP contribution in [0.3, 0.4) is 0 Å². The highest BCUT2D eigenvalue weighted by Gasteiger charge is 2.55. The largest absolute Gasteiger partial charge is 0.458 e. The maximum absolute atomic E-state index is 13.2. The van der Waals surface area contributed by atoms with E-state index in [1.54, 1.807) is 0 Å². The maximum atomic E-state index is 13.2. The molecule has 2 aromatic rings. The molecule has 3 heterocycles. The SMILES string of the molecule is O=C1CC(C(=O)N2CCC(c3cc(-c4ccccc4Cl)n[nH]3)CC2)C2(CCCC2)O1. The zero-order chi connectivity index (χ0) is 20.7. The number of hydrogen-bond acceptors (Lipinski definition) is 4. The number of halogens is 1. The Bertz CT molecular complexity index is 958. The Hall–Kier alpha value is -2.34. The van der Waals surface area contributed by atoms with Crippen LogP contribution in [-0.4, -0.2) is 45.7 Å². The molecule has 2 aliphatic heterocycles. The molecule has 6 nitrogen and oxygen atoms in total. The molecule has 0 radical (unpaired) electrons. The van der Waals surface area contributed by atoms with Crippen molar-refractivity contribution in [3.8, 4) is 11.3 Å². The first-order valence-electron chi connectivity index (χ1n) is 10.9. The standard InChI is InChI=1S/C23H26ClN3O3/c24-18-6-2-1-5-16(18)20-14-19(25-26-20)15-7-11-27(12-8-15)22(29)17-13-21(28)30-23(17)9-3-4-10-23/h1-2,5-6,14-15,17H,3-4,7-13H2,(H,25,26). The molecule has 5 rings (SSSR count). The van der Waals surface area contributed by atoms with Gasteiger partial charge in [-0.1, -0.05) is 29.8 Å². The fraction of sp³-hybridized carbons (Fsp3) is 0.522. The molecule has 1 amide bonds. The number of amides is 1. The summed E-state index contributed by atoms with van der Waals surface area (Å²) in [5.41, 5.74) is 2.32. The number of hydrogen-bond donors (Lipinski definition) is 1. The Morgan fingerprint density at radius 2 is 1.93 bits per heavy atom. The van der Waals surface area contributed by atoms with Crippen molar-refractivity contribution in [2.75, 3.05) is 13.1 Å². The molecule has 1 saturated carbocycles. The van der Waals surface area contributed by atoms with Crippen molar-refractivity contribution < 1.29 is 14.3 Å². The number of carbonyl (C=O) groups is 2. The monoisotopic (exact) mass is 427 g/mol. The molecule has 7 heteroatoms. The van der Waals surface area contributed by atoms with Gasteiger partial charge in [-0.15, -0.1) is 0 Å². The Morgan fingerprint density at radius 3 is 2.67 bits per heavy atom. The fourth-order valence-corrected chi connectivity index (χ4v) is 5.64. The number of likely N-dealkylation sites (tertiary alicyclic amines) is 1. The van der Waals surface area contributed by atoms with Crippen molar-refractivity contribution in [1.82, 2.24) is 15.1 Å². The number of H-pyrrole nitrogens is 1. The lowest BCUT2D eigenvalue weighted by Gasteiger charge is -2.36. The maximum Gasteiger partial charge on any atom is 0.307 e. The number of nitrogens with one attached hydrogen (secondary N) is 1. The molecule has 1 aliphatic carbocycles. The quantitative estimate of drug-likeness (QED) is 0.740. The van der Waals surface area contributed by atoms with E-state index >= 15 is 0 Å². The Balaban J connectivity index is 1.24. The molecule has 158 valence electrons. The van der Waals surface area contributed by atoms with Crippen molar-refractivity contribution in [3.05, 3.63) is 41.0 Å². The van der Waals surface area contributed by atoms with Crippen molar-refractivity contribution in [2.45, 2.75) is 56.5 Å². The summed E-state index contributed by atoms with van der Waals surface area (Å²) >= 11 is 6.30. The van der Waals surface area contributed by atoms with Crippen molar-refractivity contribution in [1.29, 1.82) is 0 Å². The zero-order valence-corrected chi connectivity index (χ0v) is 17.7. The van der Waals surface area contributed by atoms with Crippen molar-refractivity contribution in [2.24, 2.45) is 5.92 Å². The fourth-order valence-electron chi connectivity index (χ4n) is 5.41. The Labute approximate surface area is 180 Å². The number of aromatic nitrogens is 2. The first-order valence-corrected chi connectivity index (χ1v) is 11.2. The van der Waals surface area contributed by atoms with Crippen LogP contribution in [-0.2, 0) is 14.3 Å². The third-order valence-corrected chi connectivity index (χ3v) is 7.39. The average molecular weight is 428 g/mol. The molecule has 3 fully saturated rings. The first kappa shape index (κ1) is 19.6. The second-order valence-corrected chi connectivity index (χ2v) is 9.20. The molecular formula is C23H26ClN3O3. The highest BCUT2D eigenvalue weighted by molar-refractivity contribution is 6.33. The van der Waals surface area contributed by atoms with E-state index in [4.69, 9.17) is 16.3 Å². The van der Waals surface area contributed by atoms with E-state index in [1.165, 1.54) is 0 Å². The zero-order valence-electron chi connectivity index (χ0n) is 16.9. The van der Waals surface area contributed by atoms with E-state index in [1.807, 2.05) is 29.2 Å². The van der Waals surface area contributed by atoms with E-state index in [0.29, 0.717) is 24.0 Å². The summed E-state index contributed by atoms with van der Waals surface area (Å²) in [6, 6.07) is 9.76. The van der Waals surface area contributed by atoms with Gasteiger partial charge in [0.2, 0.25) is 5.91 Å². The third-order valence-electron chi connectivity index (χ3n) is 7.06. The smallest absolute Gasteiger partial charge is 0.307 e. The summed E-state index contributed by atoms with van der Waals surface area (Å²) in [5.74, 6) is -0.0833.